The lowest BCUT2D eigenvalue weighted by atomic mass is 10.5. The normalized spacial score (nSPS) is 9.92. The summed E-state index contributed by atoms with van der Waals surface area (Å²) in [6.45, 7) is 1.76. The molecule has 0 aliphatic heterocycles. The minimum atomic E-state index is -0.197. The zero-order chi connectivity index (χ0) is 9.52. The second kappa shape index (κ2) is 5.99. The molecular formula is C8H10O3S2. The van der Waals surface area contributed by atoms with Gasteiger partial charge in [-0.05, 0) is 22.9 Å². The van der Waals surface area contributed by atoms with Crippen LogP contribution in [-0.4, -0.2) is 5.97 Å². The Morgan fingerprint density at radius 3 is 3.15 bits per heavy atom. The van der Waals surface area contributed by atoms with Gasteiger partial charge in [0.05, 0.1) is 12.0 Å². The molecule has 0 aliphatic carbocycles. The first-order chi connectivity index (χ1) is 6.33. The second-order valence-corrected chi connectivity index (χ2v) is 4.16. The van der Waals surface area contributed by atoms with Gasteiger partial charge in [-0.2, -0.15) is 0 Å². The van der Waals surface area contributed by atoms with Crippen LogP contribution in [0.3, 0.4) is 0 Å². The van der Waals surface area contributed by atoms with Crippen LogP contribution < -0.4 is 0 Å². The third-order valence-electron chi connectivity index (χ3n) is 1.25. The summed E-state index contributed by atoms with van der Waals surface area (Å²) in [5.41, 5.74) is 0. The Bertz CT molecular complexity index is 246. The van der Waals surface area contributed by atoms with E-state index in [9.17, 15) is 4.79 Å². The van der Waals surface area contributed by atoms with Gasteiger partial charge in [-0.15, -0.1) is 0 Å². The van der Waals surface area contributed by atoms with Crippen molar-refractivity contribution in [1.82, 2.24) is 0 Å². The highest BCUT2D eigenvalue weighted by Gasteiger charge is 2.01. The van der Waals surface area contributed by atoms with E-state index in [1.807, 2.05) is 12.1 Å². The van der Waals surface area contributed by atoms with Crippen LogP contribution in [0.15, 0.2) is 22.8 Å². The molecule has 0 saturated carbocycles. The van der Waals surface area contributed by atoms with Crippen LogP contribution in [0.25, 0.3) is 0 Å². The standard InChI is InChI=1S/C8H10O3S2/c1-2-8(9)11-13-12-6-7-4-3-5-10-7/h3-5H,2,6H2,1H3. The first-order valence-corrected chi connectivity index (χ1v) is 6.08. The maximum atomic E-state index is 10.7. The molecule has 0 spiro atoms. The summed E-state index contributed by atoms with van der Waals surface area (Å²) in [6.07, 6.45) is 2.03. The first-order valence-electron chi connectivity index (χ1n) is 3.84. The molecule has 0 saturated heterocycles. The smallest absolute Gasteiger partial charge is 0.318 e. The lowest BCUT2D eigenvalue weighted by Crippen LogP contribution is -1.93. The summed E-state index contributed by atoms with van der Waals surface area (Å²) in [5.74, 6) is 1.39. The van der Waals surface area contributed by atoms with Gasteiger partial charge in [0.1, 0.15) is 16.8 Å². The minimum absolute atomic E-state index is 0.197. The van der Waals surface area contributed by atoms with Crippen molar-refractivity contribution in [2.75, 3.05) is 0 Å². The molecule has 1 aromatic heterocycles. The second-order valence-electron chi connectivity index (χ2n) is 2.22. The van der Waals surface area contributed by atoms with Gasteiger partial charge in [-0.25, -0.2) is 0 Å². The van der Waals surface area contributed by atoms with Crippen molar-refractivity contribution in [2.45, 2.75) is 19.1 Å². The molecule has 0 radical (unpaired) electrons. The predicted molar refractivity (Wildman–Crippen MR) is 54.0 cm³/mol. The van der Waals surface area contributed by atoms with E-state index in [0.29, 0.717) is 12.2 Å². The van der Waals surface area contributed by atoms with Crippen LogP contribution in [0, 0.1) is 0 Å². The first kappa shape index (κ1) is 10.5. The molecular weight excluding hydrogens is 208 g/mol. The number of carbonyl (C=O) groups excluding carboxylic acids is 1. The lowest BCUT2D eigenvalue weighted by molar-refractivity contribution is -0.132. The average Bonchev–Trinajstić information content (AvgIpc) is 2.64. The van der Waals surface area contributed by atoms with E-state index in [0.717, 1.165) is 16.8 Å². The van der Waals surface area contributed by atoms with Gasteiger partial charge in [0, 0.05) is 6.42 Å². The molecule has 1 rings (SSSR count). The predicted octanol–water partition coefficient (Wildman–Crippen LogP) is 3.03. The molecule has 13 heavy (non-hydrogen) atoms. The summed E-state index contributed by atoms with van der Waals surface area (Å²) >= 11 is 1.09. The fourth-order valence-electron chi connectivity index (χ4n) is 0.598. The van der Waals surface area contributed by atoms with Crippen molar-refractivity contribution >= 4 is 27.8 Å². The van der Waals surface area contributed by atoms with Gasteiger partial charge >= 0.3 is 5.97 Å². The monoisotopic (exact) mass is 218 g/mol. The molecule has 0 amide bonds. The van der Waals surface area contributed by atoms with Crippen molar-refractivity contribution in [3.05, 3.63) is 24.2 Å². The fraction of sp³-hybridized carbons (Fsp3) is 0.375. The van der Waals surface area contributed by atoms with Crippen LogP contribution in [-0.2, 0) is 14.7 Å². The Morgan fingerprint density at radius 1 is 1.69 bits per heavy atom. The van der Waals surface area contributed by atoms with Crippen molar-refractivity contribution < 1.29 is 13.4 Å². The molecule has 0 N–H and O–H groups in total. The zero-order valence-electron chi connectivity index (χ0n) is 7.19. The molecule has 3 nitrogen and oxygen atoms in total. The molecule has 0 unspecified atom stereocenters. The van der Waals surface area contributed by atoms with E-state index in [1.165, 1.54) is 10.8 Å². The molecule has 0 aliphatic rings. The molecule has 1 aromatic rings. The largest absolute Gasteiger partial charge is 0.468 e. The Kier molecular flexibility index (Phi) is 4.85. The number of hydrogen-bond donors (Lipinski definition) is 0. The molecule has 0 atom stereocenters. The Hall–Kier alpha value is -0.550. The SMILES string of the molecule is CCC(=O)OSSCc1ccco1. The number of carbonyl (C=O) groups is 1. The lowest BCUT2D eigenvalue weighted by Gasteiger charge is -1.97. The van der Waals surface area contributed by atoms with E-state index in [1.54, 1.807) is 13.2 Å². The van der Waals surface area contributed by atoms with Crippen LogP contribution in [0.1, 0.15) is 19.1 Å². The van der Waals surface area contributed by atoms with Crippen molar-refractivity contribution in [1.29, 1.82) is 0 Å². The molecule has 1 heterocycles. The summed E-state index contributed by atoms with van der Waals surface area (Å²) < 4.78 is 9.88. The Morgan fingerprint density at radius 2 is 2.54 bits per heavy atom. The van der Waals surface area contributed by atoms with E-state index in [4.69, 9.17) is 8.60 Å². The molecule has 5 heteroatoms. The third-order valence-corrected chi connectivity index (χ3v) is 2.84. The maximum absolute atomic E-state index is 10.7. The Labute approximate surface area is 84.8 Å². The van der Waals surface area contributed by atoms with E-state index in [2.05, 4.69) is 0 Å². The maximum Gasteiger partial charge on any atom is 0.318 e. The fourth-order valence-corrected chi connectivity index (χ4v) is 2.03. The van der Waals surface area contributed by atoms with Crippen molar-refractivity contribution in [2.24, 2.45) is 0 Å². The topological polar surface area (TPSA) is 39.4 Å². The van der Waals surface area contributed by atoms with E-state index < -0.39 is 0 Å². The van der Waals surface area contributed by atoms with Crippen LogP contribution >= 0.6 is 21.9 Å². The number of furan rings is 1. The number of hydrogen-bond acceptors (Lipinski definition) is 5. The van der Waals surface area contributed by atoms with Crippen molar-refractivity contribution in [3.8, 4) is 0 Å². The molecule has 0 aromatic carbocycles. The summed E-state index contributed by atoms with van der Waals surface area (Å²) in [6, 6.07) is 3.72. The highest BCUT2D eigenvalue weighted by atomic mass is 33.1. The van der Waals surface area contributed by atoms with Gasteiger partial charge in [0.2, 0.25) is 0 Å². The average molecular weight is 218 g/mol. The van der Waals surface area contributed by atoms with Gasteiger partial charge in [-0.1, -0.05) is 6.92 Å². The quantitative estimate of drug-likeness (QED) is 0.431. The molecule has 0 fully saturated rings. The third kappa shape index (κ3) is 4.28. The van der Waals surface area contributed by atoms with E-state index >= 15 is 0 Å². The van der Waals surface area contributed by atoms with Crippen molar-refractivity contribution in [3.63, 3.8) is 0 Å². The molecule has 0 bridgehead atoms. The summed E-state index contributed by atoms with van der Waals surface area (Å²) in [7, 11) is 1.43. The number of rotatable bonds is 5. The van der Waals surface area contributed by atoms with Crippen LogP contribution in [0.5, 0.6) is 0 Å². The Balaban J connectivity index is 2.05. The highest BCUT2D eigenvalue weighted by molar-refractivity contribution is 8.74. The van der Waals surface area contributed by atoms with Gasteiger partial charge in [0.15, 0.2) is 0 Å². The van der Waals surface area contributed by atoms with E-state index in [-0.39, 0.29) is 5.97 Å². The van der Waals surface area contributed by atoms with Gasteiger partial charge in [0.25, 0.3) is 0 Å². The minimum Gasteiger partial charge on any atom is -0.468 e. The summed E-state index contributed by atoms with van der Waals surface area (Å²) in [4.78, 5) is 10.7. The highest BCUT2D eigenvalue weighted by Crippen LogP contribution is 2.27. The summed E-state index contributed by atoms with van der Waals surface area (Å²) in [5, 5.41) is 0. The zero-order valence-corrected chi connectivity index (χ0v) is 8.82. The van der Waals surface area contributed by atoms with Crippen LogP contribution in [0.2, 0.25) is 0 Å². The van der Waals surface area contributed by atoms with Crippen LogP contribution in [0.4, 0.5) is 0 Å². The molecule has 72 valence electrons. The van der Waals surface area contributed by atoms with Gasteiger partial charge < -0.3 is 8.60 Å². The van der Waals surface area contributed by atoms with Gasteiger partial charge in [-0.3, -0.25) is 4.79 Å².